The second kappa shape index (κ2) is 37.2. The highest BCUT2D eigenvalue weighted by Crippen LogP contribution is 2.33. The summed E-state index contributed by atoms with van der Waals surface area (Å²) in [4.78, 5) is 27.6. The summed E-state index contributed by atoms with van der Waals surface area (Å²) in [6, 6.07) is 10.8. The number of rotatable bonds is 40. The predicted octanol–water partition coefficient (Wildman–Crippen LogP) is -6.61. The molecule has 3 saturated heterocycles. The fraction of sp³-hybridized carbons (Fsp3) is 0.765. The number of amides is 2. The molecule has 0 aromatic heterocycles. The SMILES string of the molecule is CN(C)c1cccc2c(S(=O)(=O)NCCOCCOCCOCCOCCOCCOCCOCCOCCC(=O)NCC(=O)N[C@@H]3O[C@H](CO)[C@@H](O)[C@H](O)[C@@H]3O[C@H]3O[C@H](CO)[C@@H](O)[C@H](O[C@H]4O[C@H](CO)[C@@H](O)[C@H](O)[C@H]4O)[C@@H]3O)cccc12. The molecular formula is C51H84N4O27S. The number of carbonyl (C=O) groups is 2. The maximum absolute atomic E-state index is 13.0. The van der Waals surface area contributed by atoms with Crippen LogP contribution in [0.2, 0.25) is 0 Å². The second-order valence-electron chi connectivity index (χ2n) is 19.3. The Morgan fingerprint density at radius 2 is 0.952 bits per heavy atom. The molecule has 0 spiro atoms. The molecule has 0 aliphatic carbocycles. The zero-order valence-electron chi connectivity index (χ0n) is 46.4. The van der Waals surface area contributed by atoms with Gasteiger partial charge < -0.3 is 128 Å². The van der Waals surface area contributed by atoms with Gasteiger partial charge in [0.15, 0.2) is 18.8 Å². The molecule has 2 amide bonds. The van der Waals surface area contributed by atoms with Crippen LogP contribution < -0.4 is 20.3 Å². The van der Waals surface area contributed by atoms with Crippen molar-refractivity contribution in [2.45, 2.75) is 103 Å². The lowest BCUT2D eigenvalue weighted by molar-refractivity contribution is -0.374. The standard InChI is InChI=1S/C51H84N4O27S/c1-55(2)33-7-3-6-32-31(33)5-4-8-37(32)83(68,69)53-10-12-71-14-16-73-18-20-75-22-24-77-26-25-76-23-21-74-19-17-72-15-13-70-11-9-38(59)52-27-39(60)54-49-48(44(65)41(62)34(28-56)78-49)82-51-46(67)47(42(63)36(30-58)80-51)81-50-45(66)43(64)40(61)35(29-57)79-50/h3-8,34-36,40-51,53,56-58,61-67H,9-30H2,1-2H3,(H,52,59)(H,54,60)/t34-,35-,36-,40-,41-,42-,43+,44+,45-,46+,47+,48+,49-,50-,51-/m1/s1. The molecule has 3 fully saturated rings. The van der Waals surface area contributed by atoms with E-state index in [9.17, 15) is 69.1 Å². The minimum atomic E-state index is -3.74. The van der Waals surface area contributed by atoms with Gasteiger partial charge in [0.05, 0.1) is 137 Å². The van der Waals surface area contributed by atoms with Crippen LogP contribution in [0, 0.1) is 0 Å². The van der Waals surface area contributed by atoms with Gasteiger partial charge in [0.1, 0.15) is 73.2 Å². The Balaban J connectivity index is 0.820. The lowest BCUT2D eigenvalue weighted by Gasteiger charge is -2.48. The number of sulfonamides is 1. The fourth-order valence-corrected chi connectivity index (χ4v) is 9.91. The average molecular weight is 1220 g/mol. The Labute approximate surface area is 480 Å². The number of aliphatic hydroxyl groups excluding tert-OH is 10. The molecule has 5 rings (SSSR count). The van der Waals surface area contributed by atoms with Crippen molar-refractivity contribution >= 4 is 38.3 Å². The first kappa shape index (κ1) is 70.2. The van der Waals surface area contributed by atoms with Crippen molar-refractivity contribution in [3.05, 3.63) is 36.4 Å². The Morgan fingerprint density at radius 1 is 0.506 bits per heavy atom. The minimum absolute atomic E-state index is 0.0154. The van der Waals surface area contributed by atoms with E-state index in [4.69, 9.17) is 61.6 Å². The molecule has 3 aliphatic heterocycles. The van der Waals surface area contributed by atoms with Crippen molar-refractivity contribution in [3.63, 3.8) is 0 Å². The highest BCUT2D eigenvalue weighted by Gasteiger charge is 2.54. The molecule has 83 heavy (non-hydrogen) atoms. The second-order valence-corrected chi connectivity index (χ2v) is 21.0. The summed E-state index contributed by atoms with van der Waals surface area (Å²) in [6.45, 7) is 1.65. The average Bonchev–Trinajstić information content (AvgIpc) is 3.51. The fourth-order valence-electron chi connectivity index (χ4n) is 8.67. The van der Waals surface area contributed by atoms with E-state index in [1.54, 1.807) is 18.2 Å². The molecule has 2 aromatic carbocycles. The third-order valence-corrected chi connectivity index (χ3v) is 14.6. The number of hydrogen-bond donors (Lipinski definition) is 13. The van der Waals surface area contributed by atoms with Crippen molar-refractivity contribution in [2.75, 3.05) is 158 Å². The summed E-state index contributed by atoms with van der Waals surface area (Å²) in [5.74, 6) is -1.46. The van der Waals surface area contributed by atoms with E-state index in [1.165, 1.54) is 0 Å². The first-order chi connectivity index (χ1) is 39.9. The Morgan fingerprint density at radius 3 is 1.48 bits per heavy atom. The van der Waals surface area contributed by atoms with Crippen LogP contribution in [0.25, 0.3) is 10.8 Å². The number of hydrogen-bond acceptors (Lipinski definition) is 28. The van der Waals surface area contributed by atoms with Crippen LogP contribution in [0.3, 0.4) is 0 Å². The van der Waals surface area contributed by atoms with Gasteiger partial charge in [-0.3, -0.25) is 9.59 Å². The van der Waals surface area contributed by atoms with E-state index in [-0.39, 0.29) is 50.9 Å². The van der Waals surface area contributed by atoms with E-state index in [2.05, 4.69) is 15.4 Å². The summed E-state index contributed by atoms with van der Waals surface area (Å²) < 4.78 is 100. The highest BCUT2D eigenvalue weighted by atomic mass is 32.2. The van der Waals surface area contributed by atoms with Gasteiger partial charge in [-0.2, -0.15) is 0 Å². The first-order valence-electron chi connectivity index (χ1n) is 27.2. The summed E-state index contributed by atoms with van der Waals surface area (Å²) >= 11 is 0. The van der Waals surface area contributed by atoms with Crippen LogP contribution >= 0.6 is 0 Å². The molecule has 15 atom stereocenters. The number of aliphatic hydroxyl groups is 10. The Hall–Kier alpha value is -3.57. The minimum Gasteiger partial charge on any atom is -0.394 e. The van der Waals surface area contributed by atoms with Crippen molar-refractivity contribution < 1.29 is 131 Å². The maximum atomic E-state index is 13.0. The molecule has 31 nitrogen and oxygen atoms in total. The molecule has 13 N–H and O–H groups in total. The van der Waals surface area contributed by atoms with E-state index < -0.39 is 140 Å². The summed E-state index contributed by atoms with van der Waals surface area (Å²) in [5.41, 5.74) is 0.928. The zero-order valence-corrected chi connectivity index (χ0v) is 47.3. The van der Waals surface area contributed by atoms with Gasteiger partial charge in [-0.1, -0.05) is 24.3 Å². The number of carbonyl (C=O) groups excluding carboxylic acids is 2. The number of ether oxygens (including phenoxy) is 13. The van der Waals surface area contributed by atoms with Gasteiger partial charge in [0, 0.05) is 43.5 Å². The summed E-state index contributed by atoms with van der Waals surface area (Å²) in [7, 11) is 0.0748. The molecular weight excluding hydrogens is 1130 g/mol. The zero-order chi connectivity index (χ0) is 60.3. The van der Waals surface area contributed by atoms with Crippen LogP contribution in [0.4, 0.5) is 5.69 Å². The van der Waals surface area contributed by atoms with Gasteiger partial charge in [-0.15, -0.1) is 0 Å². The van der Waals surface area contributed by atoms with E-state index in [0.29, 0.717) is 78.1 Å². The van der Waals surface area contributed by atoms with Crippen molar-refractivity contribution in [2.24, 2.45) is 0 Å². The Bertz CT molecular complexity index is 2280. The van der Waals surface area contributed by atoms with E-state index >= 15 is 0 Å². The molecule has 32 heteroatoms. The predicted molar refractivity (Wildman–Crippen MR) is 285 cm³/mol. The van der Waals surface area contributed by atoms with Crippen LogP contribution in [-0.4, -0.2) is 316 Å². The molecule has 0 unspecified atom stereocenters. The molecule has 0 bridgehead atoms. The lowest BCUT2D eigenvalue weighted by atomic mass is 9.96. The number of benzene rings is 2. The van der Waals surface area contributed by atoms with Gasteiger partial charge in [-0.05, 0) is 12.1 Å². The van der Waals surface area contributed by atoms with Crippen LogP contribution in [-0.2, 0) is 81.2 Å². The quantitative estimate of drug-likeness (QED) is 0.0276. The van der Waals surface area contributed by atoms with Gasteiger partial charge in [-0.25, -0.2) is 13.1 Å². The molecule has 3 heterocycles. The molecule has 476 valence electrons. The topological polar surface area (TPSA) is 430 Å². The number of fused-ring (bicyclic) bond motifs is 1. The van der Waals surface area contributed by atoms with Crippen molar-refractivity contribution in [1.29, 1.82) is 0 Å². The van der Waals surface area contributed by atoms with Crippen LogP contribution in [0.1, 0.15) is 6.42 Å². The first-order valence-corrected chi connectivity index (χ1v) is 28.6. The summed E-state index contributed by atoms with van der Waals surface area (Å²) in [5, 5.41) is 110. The van der Waals surface area contributed by atoms with Crippen molar-refractivity contribution in [1.82, 2.24) is 15.4 Å². The van der Waals surface area contributed by atoms with Crippen molar-refractivity contribution in [3.8, 4) is 0 Å². The van der Waals surface area contributed by atoms with E-state index in [1.807, 2.05) is 37.2 Å². The largest absolute Gasteiger partial charge is 0.394 e. The Kier molecular flexibility index (Phi) is 31.5. The third kappa shape index (κ3) is 22.0. The smallest absolute Gasteiger partial charge is 0.241 e. The number of anilines is 1. The van der Waals surface area contributed by atoms with Gasteiger partial charge in [0.25, 0.3) is 0 Å². The van der Waals surface area contributed by atoms with Crippen LogP contribution in [0.5, 0.6) is 0 Å². The number of nitrogens with one attached hydrogen (secondary N) is 3. The molecule has 3 aliphatic rings. The molecule has 2 aromatic rings. The number of nitrogens with zero attached hydrogens (tertiary/aromatic N) is 1. The van der Waals surface area contributed by atoms with Crippen LogP contribution in [0.15, 0.2) is 41.3 Å². The highest BCUT2D eigenvalue weighted by molar-refractivity contribution is 7.89. The lowest BCUT2D eigenvalue weighted by Crippen LogP contribution is -2.68. The van der Waals surface area contributed by atoms with Gasteiger partial charge >= 0.3 is 0 Å². The molecule has 0 radical (unpaired) electrons. The monoisotopic (exact) mass is 1220 g/mol. The normalized spacial score (nSPS) is 28.6. The third-order valence-electron chi connectivity index (χ3n) is 13.1. The van der Waals surface area contributed by atoms with Gasteiger partial charge in [0.2, 0.25) is 21.8 Å². The summed E-state index contributed by atoms with van der Waals surface area (Å²) in [6.07, 6.45) is -26.9. The van der Waals surface area contributed by atoms with E-state index in [0.717, 1.165) is 11.1 Å². The molecule has 0 saturated carbocycles. The maximum Gasteiger partial charge on any atom is 0.241 e.